The summed E-state index contributed by atoms with van der Waals surface area (Å²) in [5.74, 6) is 0.294. The normalized spacial score (nSPS) is 34.2. The van der Waals surface area contributed by atoms with E-state index in [4.69, 9.17) is 0 Å². The van der Waals surface area contributed by atoms with Crippen LogP contribution in [0.4, 0.5) is 4.39 Å². The van der Waals surface area contributed by atoms with Crippen LogP contribution in [0.3, 0.4) is 0 Å². The third-order valence-electron chi connectivity index (χ3n) is 7.92. The van der Waals surface area contributed by atoms with E-state index in [2.05, 4.69) is 22.5 Å². The molecule has 33 heavy (non-hydrogen) atoms. The van der Waals surface area contributed by atoms with Gasteiger partial charge in [-0.15, -0.1) is 11.8 Å². The first-order chi connectivity index (χ1) is 15.8. The summed E-state index contributed by atoms with van der Waals surface area (Å²) in [6, 6.07) is 4.21. The van der Waals surface area contributed by atoms with E-state index < -0.39 is 6.17 Å². The monoisotopic (exact) mass is 472 g/mol. The number of alkyl halides is 1. The molecule has 1 aliphatic heterocycles. The smallest absolute Gasteiger partial charge is 0.254 e. The number of hydrogen-bond acceptors (Lipinski definition) is 5. The zero-order valence-electron chi connectivity index (χ0n) is 19.5. The SMILES string of the molecule is Cc1cc2c(cn1)cc(C1CC(C(=O)NC3NC4CCC(F)CC4S3)CCC1C)c(=O)n2C. The van der Waals surface area contributed by atoms with Gasteiger partial charge in [0, 0.05) is 47.1 Å². The van der Waals surface area contributed by atoms with Crippen molar-refractivity contribution >= 4 is 28.6 Å². The minimum Gasteiger partial charge on any atom is -0.332 e. The van der Waals surface area contributed by atoms with Gasteiger partial charge in [-0.2, -0.15) is 0 Å². The summed E-state index contributed by atoms with van der Waals surface area (Å²) in [6.07, 6.45) is 5.52. The van der Waals surface area contributed by atoms with Gasteiger partial charge in [-0.3, -0.25) is 19.9 Å². The van der Waals surface area contributed by atoms with E-state index in [0.29, 0.717) is 25.2 Å². The van der Waals surface area contributed by atoms with E-state index in [1.807, 2.05) is 32.3 Å². The fourth-order valence-electron chi connectivity index (χ4n) is 5.90. The van der Waals surface area contributed by atoms with Gasteiger partial charge in [-0.05, 0) is 69.4 Å². The molecule has 5 rings (SSSR count). The average molecular weight is 473 g/mol. The first-order valence-corrected chi connectivity index (χ1v) is 13.1. The highest BCUT2D eigenvalue weighted by Crippen LogP contribution is 2.41. The van der Waals surface area contributed by atoms with E-state index in [1.54, 1.807) is 16.3 Å². The van der Waals surface area contributed by atoms with Crippen LogP contribution in [0.15, 0.2) is 23.1 Å². The van der Waals surface area contributed by atoms with Crippen LogP contribution in [0.5, 0.6) is 0 Å². The number of halogens is 1. The van der Waals surface area contributed by atoms with Crippen LogP contribution in [0, 0.1) is 18.8 Å². The number of aromatic nitrogens is 2. The molecule has 1 amide bonds. The van der Waals surface area contributed by atoms with Crippen LogP contribution < -0.4 is 16.2 Å². The highest BCUT2D eigenvalue weighted by atomic mass is 32.2. The summed E-state index contributed by atoms with van der Waals surface area (Å²) in [4.78, 5) is 30.8. The number of nitrogens with zero attached hydrogens (tertiary/aromatic N) is 2. The van der Waals surface area contributed by atoms with Gasteiger partial charge in [0.1, 0.15) is 11.7 Å². The number of hydrogen-bond donors (Lipinski definition) is 2. The summed E-state index contributed by atoms with van der Waals surface area (Å²) in [5, 5.41) is 7.83. The third kappa shape index (κ3) is 4.44. The van der Waals surface area contributed by atoms with Crippen LogP contribution in [0.1, 0.15) is 62.6 Å². The fourth-order valence-corrected chi connectivity index (χ4v) is 7.41. The second kappa shape index (κ2) is 9.02. The molecule has 0 aromatic carbocycles. The molecule has 2 aromatic heterocycles. The van der Waals surface area contributed by atoms with Crippen molar-refractivity contribution in [3.63, 3.8) is 0 Å². The van der Waals surface area contributed by atoms with Crippen molar-refractivity contribution in [2.24, 2.45) is 18.9 Å². The predicted octanol–water partition coefficient (Wildman–Crippen LogP) is 3.76. The van der Waals surface area contributed by atoms with Gasteiger partial charge in [-0.25, -0.2) is 4.39 Å². The Morgan fingerprint density at radius 2 is 2.06 bits per heavy atom. The molecule has 2 aromatic rings. The lowest BCUT2D eigenvalue weighted by atomic mass is 9.71. The lowest BCUT2D eigenvalue weighted by Gasteiger charge is -2.34. The number of aryl methyl sites for hydroxylation is 2. The minimum atomic E-state index is -0.723. The predicted molar refractivity (Wildman–Crippen MR) is 130 cm³/mol. The molecule has 7 unspecified atom stereocenters. The number of amides is 1. The molecular formula is C25H33FN4O2S. The molecule has 2 N–H and O–H groups in total. The molecule has 178 valence electrons. The molecule has 7 atom stereocenters. The van der Waals surface area contributed by atoms with Crippen LogP contribution in [-0.4, -0.2) is 38.4 Å². The molecule has 1 saturated heterocycles. The largest absolute Gasteiger partial charge is 0.332 e. The van der Waals surface area contributed by atoms with Gasteiger partial charge in [0.25, 0.3) is 5.56 Å². The second-order valence-electron chi connectivity index (χ2n) is 10.2. The molecule has 6 nitrogen and oxygen atoms in total. The zero-order chi connectivity index (χ0) is 23.3. The Labute approximate surface area is 198 Å². The Morgan fingerprint density at radius 1 is 1.24 bits per heavy atom. The third-order valence-corrected chi connectivity index (χ3v) is 9.31. The summed E-state index contributed by atoms with van der Waals surface area (Å²) < 4.78 is 15.5. The topological polar surface area (TPSA) is 76.0 Å². The lowest BCUT2D eigenvalue weighted by Crippen LogP contribution is -2.47. The molecule has 2 aliphatic carbocycles. The van der Waals surface area contributed by atoms with E-state index in [9.17, 15) is 14.0 Å². The van der Waals surface area contributed by atoms with Gasteiger partial charge in [0.05, 0.1) is 5.52 Å². The Kier molecular flexibility index (Phi) is 6.25. The van der Waals surface area contributed by atoms with Crippen LogP contribution >= 0.6 is 11.8 Å². The number of carbonyl (C=O) groups is 1. The van der Waals surface area contributed by atoms with E-state index >= 15 is 0 Å². The Hall–Kier alpha value is -1.93. The second-order valence-corrected chi connectivity index (χ2v) is 11.5. The van der Waals surface area contributed by atoms with E-state index in [0.717, 1.165) is 41.4 Å². The standard InChI is InChI=1S/C25H33FN4O2S/c1-13-4-5-15(23(31)29-25-28-20-7-6-17(26)11-22(20)33-25)9-18(13)19-10-16-12-27-14(2)8-21(16)30(3)24(19)32/h8,10,12-13,15,17-18,20,22,25,28H,4-7,9,11H2,1-3H3,(H,29,31). The Bertz CT molecular complexity index is 1120. The van der Waals surface area contributed by atoms with E-state index in [-0.39, 0.29) is 40.1 Å². The van der Waals surface area contributed by atoms with Crippen molar-refractivity contribution in [3.8, 4) is 0 Å². The van der Waals surface area contributed by atoms with Gasteiger partial charge in [-0.1, -0.05) is 6.92 Å². The van der Waals surface area contributed by atoms with Crippen LogP contribution in [0.2, 0.25) is 0 Å². The number of thioether (sulfide) groups is 1. The maximum Gasteiger partial charge on any atom is 0.254 e. The van der Waals surface area contributed by atoms with Crippen molar-refractivity contribution in [2.75, 3.05) is 0 Å². The van der Waals surface area contributed by atoms with Gasteiger partial charge in [0.15, 0.2) is 0 Å². The number of carbonyl (C=O) groups excluding carboxylic acids is 1. The lowest BCUT2D eigenvalue weighted by molar-refractivity contribution is -0.126. The van der Waals surface area contributed by atoms with Crippen LogP contribution in [-0.2, 0) is 11.8 Å². The van der Waals surface area contributed by atoms with Crippen molar-refractivity contribution < 1.29 is 9.18 Å². The maximum absolute atomic E-state index is 13.8. The van der Waals surface area contributed by atoms with Gasteiger partial charge < -0.3 is 9.88 Å². The summed E-state index contributed by atoms with van der Waals surface area (Å²) >= 11 is 1.65. The molecule has 8 heteroatoms. The fraction of sp³-hybridized carbons (Fsp3) is 0.640. The summed E-state index contributed by atoms with van der Waals surface area (Å²) in [7, 11) is 1.82. The molecule has 0 radical (unpaired) electrons. The zero-order valence-corrected chi connectivity index (χ0v) is 20.3. The van der Waals surface area contributed by atoms with Gasteiger partial charge >= 0.3 is 0 Å². The minimum absolute atomic E-state index is 0.0175. The first-order valence-electron chi connectivity index (χ1n) is 12.1. The molecule has 0 bridgehead atoms. The first kappa shape index (κ1) is 22.8. The molecule has 2 saturated carbocycles. The maximum atomic E-state index is 13.8. The van der Waals surface area contributed by atoms with Crippen LogP contribution in [0.25, 0.3) is 10.9 Å². The van der Waals surface area contributed by atoms with Gasteiger partial charge in [0.2, 0.25) is 5.91 Å². The summed E-state index contributed by atoms with van der Waals surface area (Å²) in [5.41, 5.74) is 2.42. The number of pyridine rings is 2. The molecule has 3 aliphatic rings. The molecule has 0 spiro atoms. The Morgan fingerprint density at radius 3 is 2.88 bits per heavy atom. The van der Waals surface area contributed by atoms with Crippen molar-refractivity contribution in [3.05, 3.63) is 39.9 Å². The number of rotatable bonds is 3. The Balaban J connectivity index is 1.32. The number of nitrogens with one attached hydrogen (secondary N) is 2. The van der Waals surface area contributed by atoms with Crippen molar-refractivity contribution in [1.82, 2.24) is 20.2 Å². The molecular weight excluding hydrogens is 439 g/mol. The summed E-state index contributed by atoms with van der Waals surface area (Å²) in [6.45, 7) is 4.11. The van der Waals surface area contributed by atoms with Crippen molar-refractivity contribution in [1.29, 1.82) is 0 Å². The highest BCUT2D eigenvalue weighted by molar-refractivity contribution is 8.00. The van der Waals surface area contributed by atoms with Crippen molar-refractivity contribution in [2.45, 2.75) is 81.3 Å². The average Bonchev–Trinajstić information content (AvgIpc) is 3.18. The number of fused-ring (bicyclic) bond motifs is 2. The quantitative estimate of drug-likeness (QED) is 0.712. The molecule has 3 heterocycles. The highest BCUT2D eigenvalue weighted by Gasteiger charge is 2.41. The van der Waals surface area contributed by atoms with E-state index in [1.165, 1.54) is 0 Å². The molecule has 3 fully saturated rings.